The van der Waals surface area contributed by atoms with Crippen LogP contribution in [0.1, 0.15) is 12.5 Å². The van der Waals surface area contributed by atoms with Crippen molar-refractivity contribution in [3.8, 4) is 0 Å². The fraction of sp³-hybridized carbons (Fsp3) is 0.0833. The van der Waals surface area contributed by atoms with Crippen LogP contribution in [0.5, 0.6) is 0 Å². The number of amides is 1. The van der Waals surface area contributed by atoms with E-state index < -0.39 is 0 Å². The number of thioether (sulfide) groups is 1. The second-order valence-electron chi connectivity index (χ2n) is 6.45. The zero-order chi connectivity index (χ0) is 19.3. The Morgan fingerprint density at radius 3 is 2.11 bits per heavy atom. The van der Waals surface area contributed by atoms with Crippen molar-refractivity contribution in [1.82, 2.24) is 0 Å². The molecule has 1 heterocycles. The molecule has 3 aromatic rings. The fourth-order valence-corrected chi connectivity index (χ4v) is 4.10. The normalized spacial score (nSPS) is 18.7. The summed E-state index contributed by atoms with van der Waals surface area (Å²) < 4.78 is 0. The van der Waals surface area contributed by atoms with Crippen molar-refractivity contribution in [1.29, 1.82) is 0 Å². The Labute approximate surface area is 169 Å². The maximum absolute atomic E-state index is 12.8. The lowest BCUT2D eigenvalue weighted by atomic mass is 10.1. The average Bonchev–Trinajstić information content (AvgIpc) is 3.03. The van der Waals surface area contributed by atoms with Crippen LogP contribution in [0, 0.1) is 0 Å². The van der Waals surface area contributed by atoms with Crippen molar-refractivity contribution in [3.05, 3.63) is 108 Å². The van der Waals surface area contributed by atoms with E-state index in [1.54, 1.807) is 16.7 Å². The van der Waals surface area contributed by atoms with Crippen LogP contribution in [-0.2, 0) is 4.79 Å². The van der Waals surface area contributed by atoms with E-state index in [0.29, 0.717) is 0 Å². The van der Waals surface area contributed by atoms with Gasteiger partial charge in [-0.1, -0.05) is 78.5 Å². The number of anilines is 1. The maximum atomic E-state index is 12.8. The van der Waals surface area contributed by atoms with E-state index in [-0.39, 0.29) is 11.2 Å². The van der Waals surface area contributed by atoms with E-state index in [1.807, 2.05) is 104 Å². The topological polar surface area (TPSA) is 32.7 Å². The fourth-order valence-electron chi connectivity index (χ4n) is 3.05. The summed E-state index contributed by atoms with van der Waals surface area (Å²) in [6.07, 6.45) is 2.02. The van der Waals surface area contributed by atoms with E-state index >= 15 is 0 Å². The number of para-hydroxylation sites is 2. The van der Waals surface area contributed by atoms with Gasteiger partial charge in [0.1, 0.15) is 0 Å². The van der Waals surface area contributed by atoms with E-state index in [4.69, 9.17) is 4.99 Å². The van der Waals surface area contributed by atoms with Gasteiger partial charge in [0, 0.05) is 11.3 Å². The third-order valence-electron chi connectivity index (χ3n) is 4.44. The molecule has 0 N–H and O–H groups in total. The van der Waals surface area contributed by atoms with Gasteiger partial charge in [-0.3, -0.25) is 9.69 Å². The molecular weight excluding hydrogens is 364 g/mol. The molecule has 0 aromatic heterocycles. The number of aliphatic imine (C=N–C) groups is 1. The van der Waals surface area contributed by atoms with E-state index in [1.165, 1.54) is 0 Å². The molecule has 0 radical (unpaired) electrons. The number of hydrogen-bond donors (Lipinski definition) is 0. The number of allylic oxidation sites excluding steroid dienone is 1. The Hall–Kier alpha value is -3.11. The molecule has 0 spiro atoms. The Bertz CT molecular complexity index is 1010. The average molecular weight is 385 g/mol. The van der Waals surface area contributed by atoms with Gasteiger partial charge in [-0.2, -0.15) is 0 Å². The third kappa shape index (κ3) is 3.92. The molecule has 0 bridgehead atoms. The number of nitrogens with zero attached hydrogens (tertiary/aromatic N) is 2. The molecule has 1 aliphatic rings. The summed E-state index contributed by atoms with van der Waals surface area (Å²) in [6, 6.07) is 29.7. The van der Waals surface area contributed by atoms with Crippen LogP contribution in [0.4, 0.5) is 11.4 Å². The van der Waals surface area contributed by atoms with Gasteiger partial charge in [0.15, 0.2) is 0 Å². The number of carbonyl (C=O) groups is 1. The highest BCUT2D eigenvalue weighted by molar-refractivity contribution is 8.05. The molecule has 4 rings (SSSR count). The Kier molecular flexibility index (Phi) is 5.40. The standard InChI is InChI=1S/C24H20N2OS/c1-18-24(27)26(21-15-9-4-10-16-21)23(28-18)17-22(19-11-5-2-6-12-19)25-20-13-7-3-8-14-20/h2-18H,1H3/b23-17-,25-22?. The summed E-state index contributed by atoms with van der Waals surface area (Å²) in [5, 5.41) is 0.766. The SMILES string of the molecule is CC1S/C(=C\C(=Nc2ccccc2)c2ccccc2)N(c2ccccc2)C1=O. The van der Waals surface area contributed by atoms with Gasteiger partial charge in [0.05, 0.1) is 21.7 Å². The minimum atomic E-state index is -0.125. The molecule has 1 atom stereocenters. The molecular formula is C24H20N2OS. The molecule has 1 aliphatic heterocycles. The van der Waals surface area contributed by atoms with Crippen molar-refractivity contribution in [2.45, 2.75) is 12.2 Å². The van der Waals surface area contributed by atoms with Gasteiger partial charge in [0.2, 0.25) is 5.91 Å². The number of benzene rings is 3. The van der Waals surface area contributed by atoms with E-state index in [0.717, 1.165) is 27.7 Å². The first-order valence-corrected chi connectivity index (χ1v) is 10.1. The van der Waals surface area contributed by atoms with Gasteiger partial charge in [-0.25, -0.2) is 4.99 Å². The number of rotatable bonds is 4. The Balaban J connectivity index is 1.81. The molecule has 1 fully saturated rings. The lowest BCUT2D eigenvalue weighted by Crippen LogP contribution is -2.27. The minimum Gasteiger partial charge on any atom is -0.274 e. The predicted octanol–water partition coefficient (Wildman–Crippen LogP) is 5.82. The molecule has 3 nitrogen and oxygen atoms in total. The van der Waals surface area contributed by atoms with Crippen molar-refractivity contribution < 1.29 is 4.79 Å². The molecule has 0 aliphatic carbocycles. The maximum Gasteiger partial charge on any atom is 0.245 e. The van der Waals surface area contributed by atoms with Crippen LogP contribution in [0.2, 0.25) is 0 Å². The van der Waals surface area contributed by atoms with Gasteiger partial charge in [0.25, 0.3) is 0 Å². The van der Waals surface area contributed by atoms with Crippen LogP contribution < -0.4 is 4.90 Å². The molecule has 0 saturated carbocycles. The highest BCUT2D eigenvalue weighted by Crippen LogP contribution is 2.38. The van der Waals surface area contributed by atoms with Crippen molar-refractivity contribution in [2.75, 3.05) is 4.90 Å². The summed E-state index contributed by atoms with van der Waals surface area (Å²) in [7, 11) is 0. The molecule has 3 aromatic carbocycles. The second-order valence-corrected chi connectivity index (χ2v) is 7.81. The lowest BCUT2D eigenvalue weighted by Gasteiger charge is -2.17. The van der Waals surface area contributed by atoms with Gasteiger partial charge in [-0.05, 0) is 37.3 Å². The van der Waals surface area contributed by atoms with Crippen LogP contribution in [0.25, 0.3) is 0 Å². The molecule has 1 unspecified atom stereocenters. The summed E-state index contributed by atoms with van der Waals surface area (Å²) >= 11 is 1.57. The van der Waals surface area contributed by atoms with Crippen molar-refractivity contribution in [2.24, 2.45) is 4.99 Å². The van der Waals surface area contributed by atoms with Crippen LogP contribution in [-0.4, -0.2) is 16.9 Å². The van der Waals surface area contributed by atoms with E-state index in [2.05, 4.69) is 0 Å². The van der Waals surface area contributed by atoms with Crippen LogP contribution >= 0.6 is 11.8 Å². The second kappa shape index (κ2) is 8.28. The van der Waals surface area contributed by atoms with Crippen LogP contribution in [0.3, 0.4) is 0 Å². The summed E-state index contributed by atoms with van der Waals surface area (Å²) in [6.45, 7) is 1.94. The Morgan fingerprint density at radius 1 is 0.893 bits per heavy atom. The quantitative estimate of drug-likeness (QED) is 0.531. The third-order valence-corrected chi connectivity index (χ3v) is 5.53. The highest BCUT2D eigenvalue weighted by atomic mass is 32.2. The molecule has 138 valence electrons. The Morgan fingerprint density at radius 2 is 1.46 bits per heavy atom. The van der Waals surface area contributed by atoms with Crippen LogP contribution in [0.15, 0.2) is 107 Å². The number of carbonyl (C=O) groups excluding carboxylic acids is 1. The van der Waals surface area contributed by atoms with E-state index in [9.17, 15) is 4.79 Å². The smallest absolute Gasteiger partial charge is 0.245 e. The monoisotopic (exact) mass is 384 g/mol. The van der Waals surface area contributed by atoms with Gasteiger partial charge in [-0.15, -0.1) is 0 Å². The molecule has 1 saturated heterocycles. The van der Waals surface area contributed by atoms with Crippen molar-refractivity contribution >= 4 is 34.8 Å². The lowest BCUT2D eigenvalue weighted by molar-refractivity contribution is -0.116. The molecule has 1 amide bonds. The highest BCUT2D eigenvalue weighted by Gasteiger charge is 2.34. The first-order valence-electron chi connectivity index (χ1n) is 9.19. The van der Waals surface area contributed by atoms with Gasteiger partial charge < -0.3 is 0 Å². The zero-order valence-corrected chi connectivity index (χ0v) is 16.3. The first kappa shape index (κ1) is 18.3. The van der Waals surface area contributed by atoms with Crippen molar-refractivity contribution in [3.63, 3.8) is 0 Å². The summed E-state index contributed by atoms with van der Waals surface area (Å²) in [4.78, 5) is 19.5. The summed E-state index contributed by atoms with van der Waals surface area (Å²) in [5.41, 5.74) is 3.60. The summed E-state index contributed by atoms with van der Waals surface area (Å²) in [5.74, 6) is 0.0922. The van der Waals surface area contributed by atoms with Gasteiger partial charge >= 0.3 is 0 Å². The predicted molar refractivity (Wildman–Crippen MR) is 118 cm³/mol. The first-order chi connectivity index (χ1) is 13.7. The molecule has 4 heteroatoms. The largest absolute Gasteiger partial charge is 0.274 e. The molecule has 28 heavy (non-hydrogen) atoms. The minimum absolute atomic E-state index is 0.0922. The number of hydrogen-bond acceptors (Lipinski definition) is 3. The zero-order valence-electron chi connectivity index (χ0n) is 15.5.